The lowest BCUT2D eigenvalue weighted by molar-refractivity contribution is 0.741. The van der Waals surface area contributed by atoms with Gasteiger partial charge in [0.05, 0.1) is 0 Å². The zero-order valence-corrected chi connectivity index (χ0v) is 10.4. The number of nitrogens with two attached hydrogens (primary N) is 1. The lowest BCUT2D eigenvalue weighted by Gasteiger charge is -2.15. The van der Waals surface area contributed by atoms with E-state index in [-0.39, 0.29) is 5.92 Å². The summed E-state index contributed by atoms with van der Waals surface area (Å²) in [6.45, 7) is 8.36. The summed E-state index contributed by atoms with van der Waals surface area (Å²) >= 11 is 0. The Bertz CT molecular complexity index is 337. The van der Waals surface area contributed by atoms with Crippen molar-refractivity contribution in [1.82, 2.24) is 9.97 Å². The molecule has 0 bridgehead atoms. The molecule has 0 aliphatic heterocycles. The Balaban J connectivity index is 2.95. The molecule has 0 aliphatic carbocycles. The molecule has 1 aromatic heterocycles. The van der Waals surface area contributed by atoms with Crippen molar-refractivity contribution in [2.75, 3.05) is 10.7 Å². The zero-order chi connectivity index (χ0) is 12.1. The highest BCUT2D eigenvalue weighted by Crippen LogP contribution is 2.17. The van der Waals surface area contributed by atoms with Crippen LogP contribution in [0.1, 0.15) is 45.9 Å². The van der Waals surface area contributed by atoms with E-state index in [0.29, 0.717) is 11.9 Å². The van der Waals surface area contributed by atoms with E-state index in [2.05, 4.69) is 48.4 Å². The summed E-state index contributed by atoms with van der Waals surface area (Å²) in [4.78, 5) is 8.75. The van der Waals surface area contributed by atoms with Crippen molar-refractivity contribution in [2.24, 2.45) is 5.84 Å². The predicted molar refractivity (Wildman–Crippen MR) is 67.3 cm³/mol. The van der Waals surface area contributed by atoms with Crippen molar-refractivity contribution in [2.45, 2.75) is 46.1 Å². The first-order valence-corrected chi connectivity index (χ1v) is 5.69. The van der Waals surface area contributed by atoms with Crippen LogP contribution in [0, 0.1) is 0 Å². The summed E-state index contributed by atoms with van der Waals surface area (Å²) in [5.74, 6) is 7.92. The standard InChI is InChI=1S/C11H21N5/c1-5-8(4)13-9-6-10(16-12)15-11(14-9)7(2)3/h6-8H,5,12H2,1-4H3,(H2,13,14,15,16). The molecule has 0 fully saturated rings. The van der Waals surface area contributed by atoms with E-state index in [1.807, 2.05) is 6.07 Å². The second-order valence-corrected chi connectivity index (χ2v) is 4.25. The van der Waals surface area contributed by atoms with Crippen molar-refractivity contribution in [3.8, 4) is 0 Å². The van der Waals surface area contributed by atoms with Gasteiger partial charge in [0.15, 0.2) is 0 Å². The van der Waals surface area contributed by atoms with E-state index in [1.165, 1.54) is 0 Å². The molecular formula is C11H21N5. The molecule has 1 unspecified atom stereocenters. The molecule has 1 rings (SSSR count). The van der Waals surface area contributed by atoms with E-state index < -0.39 is 0 Å². The molecule has 90 valence electrons. The lowest BCUT2D eigenvalue weighted by atomic mass is 10.2. The number of hydrazine groups is 1. The Morgan fingerprint density at radius 2 is 1.88 bits per heavy atom. The molecule has 0 aliphatic rings. The van der Waals surface area contributed by atoms with Crippen molar-refractivity contribution in [3.63, 3.8) is 0 Å². The van der Waals surface area contributed by atoms with Crippen LogP contribution < -0.4 is 16.6 Å². The van der Waals surface area contributed by atoms with Gasteiger partial charge in [0, 0.05) is 18.0 Å². The number of rotatable bonds is 5. The average Bonchev–Trinajstić information content (AvgIpc) is 2.28. The fourth-order valence-corrected chi connectivity index (χ4v) is 1.23. The van der Waals surface area contributed by atoms with Crippen molar-refractivity contribution in [1.29, 1.82) is 0 Å². The van der Waals surface area contributed by atoms with Gasteiger partial charge in [-0.15, -0.1) is 0 Å². The van der Waals surface area contributed by atoms with Crippen LogP contribution in [0.2, 0.25) is 0 Å². The molecule has 16 heavy (non-hydrogen) atoms. The topological polar surface area (TPSA) is 75.9 Å². The van der Waals surface area contributed by atoms with Gasteiger partial charge in [-0.1, -0.05) is 20.8 Å². The minimum absolute atomic E-state index is 0.283. The zero-order valence-electron chi connectivity index (χ0n) is 10.4. The van der Waals surface area contributed by atoms with Crippen LogP contribution in [-0.4, -0.2) is 16.0 Å². The monoisotopic (exact) mass is 223 g/mol. The summed E-state index contributed by atoms with van der Waals surface area (Å²) in [7, 11) is 0. The summed E-state index contributed by atoms with van der Waals surface area (Å²) in [5, 5.41) is 3.31. The molecule has 0 spiro atoms. The maximum Gasteiger partial charge on any atom is 0.145 e. The van der Waals surface area contributed by atoms with Crippen LogP contribution in [0.3, 0.4) is 0 Å². The Morgan fingerprint density at radius 1 is 1.25 bits per heavy atom. The summed E-state index contributed by atoms with van der Waals surface area (Å²) < 4.78 is 0. The van der Waals surface area contributed by atoms with Gasteiger partial charge in [-0.05, 0) is 13.3 Å². The number of nitrogen functional groups attached to an aromatic ring is 1. The number of aromatic nitrogens is 2. The average molecular weight is 223 g/mol. The van der Waals surface area contributed by atoms with E-state index in [1.54, 1.807) is 0 Å². The Labute approximate surface area is 96.8 Å². The minimum Gasteiger partial charge on any atom is -0.367 e. The van der Waals surface area contributed by atoms with Crippen LogP contribution in [0.15, 0.2) is 6.07 Å². The van der Waals surface area contributed by atoms with Gasteiger partial charge in [0.2, 0.25) is 0 Å². The molecule has 4 N–H and O–H groups in total. The molecule has 1 atom stereocenters. The van der Waals surface area contributed by atoms with Gasteiger partial charge in [-0.2, -0.15) is 0 Å². The van der Waals surface area contributed by atoms with E-state index in [4.69, 9.17) is 5.84 Å². The van der Waals surface area contributed by atoms with Crippen LogP contribution in [0.5, 0.6) is 0 Å². The second-order valence-electron chi connectivity index (χ2n) is 4.25. The van der Waals surface area contributed by atoms with Gasteiger partial charge >= 0.3 is 0 Å². The predicted octanol–water partition coefficient (Wildman–Crippen LogP) is 2.10. The van der Waals surface area contributed by atoms with Crippen LogP contribution >= 0.6 is 0 Å². The van der Waals surface area contributed by atoms with Gasteiger partial charge in [-0.3, -0.25) is 0 Å². The van der Waals surface area contributed by atoms with Crippen LogP contribution in [0.25, 0.3) is 0 Å². The number of nitrogens with zero attached hydrogens (tertiary/aromatic N) is 2. The quantitative estimate of drug-likeness (QED) is 0.526. The number of hydrogen-bond acceptors (Lipinski definition) is 5. The van der Waals surface area contributed by atoms with Crippen molar-refractivity contribution in [3.05, 3.63) is 11.9 Å². The molecule has 0 saturated heterocycles. The molecule has 0 radical (unpaired) electrons. The number of anilines is 2. The summed E-state index contributed by atoms with van der Waals surface area (Å²) in [5.41, 5.74) is 2.56. The minimum atomic E-state index is 0.283. The van der Waals surface area contributed by atoms with Crippen molar-refractivity contribution < 1.29 is 0 Å². The molecule has 1 aromatic rings. The van der Waals surface area contributed by atoms with Crippen LogP contribution in [0.4, 0.5) is 11.6 Å². The van der Waals surface area contributed by atoms with Crippen LogP contribution in [-0.2, 0) is 0 Å². The Kier molecular flexibility index (Phi) is 4.49. The molecule has 0 amide bonds. The van der Waals surface area contributed by atoms with Gasteiger partial charge in [0.25, 0.3) is 0 Å². The largest absolute Gasteiger partial charge is 0.367 e. The molecule has 1 heterocycles. The molecule has 0 aromatic carbocycles. The SMILES string of the molecule is CCC(C)Nc1cc(NN)nc(C(C)C)n1. The fraction of sp³-hybridized carbons (Fsp3) is 0.636. The smallest absolute Gasteiger partial charge is 0.145 e. The molecule has 5 nitrogen and oxygen atoms in total. The fourth-order valence-electron chi connectivity index (χ4n) is 1.23. The van der Waals surface area contributed by atoms with E-state index in [9.17, 15) is 0 Å². The third-order valence-corrected chi connectivity index (χ3v) is 2.41. The first-order valence-electron chi connectivity index (χ1n) is 5.69. The highest BCUT2D eigenvalue weighted by molar-refractivity contribution is 5.47. The van der Waals surface area contributed by atoms with Gasteiger partial charge in [-0.25, -0.2) is 15.8 Å². The third kappa shape index (κ3) is 3.34. The molecule has 0 saturated carbocycles. The molecular weight excluding hydrogens is 202 g/mol. The maximum atomic E-state index is 5.38. The van der Waals surface area contributed by atoms with E-state index >= 15 is 0 Å². The van der Waals surface area contributed by atoms with E-state index in [0.717, 1.165) is 18.1 Å². The first kappa shape index (κ1) is 12.7. The lowest BCUT2D eigenvalue weighted by Crippen LogP contribution is -2.17. The Hall–Kier alpha value is -1.36. The highest BCUT2D eigenvalue weighted by atomic mass is 15.3. The number of hydrogen-bond donors (Lipinski definition) is 3. The third-order valence-electron chi connectivity index (χ3n) is 2.41. The van der Waals surface area contributed by atoms with Gasteiger partial charge < -0.3 is 10.7 Å². The highest BCUT2D eigenvalue weighted by Gasteiger charge is 2.08. The number of nitrogens with one attached hydrogen (secondary N) is 2. The summed E-state index contributed by atoms with van der Waals surface area (Å²) in [6.07, 6.45) is 1.05. The van der Waals surface area contributed by atoms with Gasteiger partial charge in [0.1, 0.15) is 17.5 Å². The normalized spacial score (nSPS) is 12.6. The first-order chi connectivity index (χ1) is 7.56. The molecule has 5 heteroatoms. The Morgan fingerprint density at radius 3 is 2.38 bits per heavy atom. The maximum absolute atomic E-state index is 5.38. The second kappa shape index (κ2) is 5.65. The van der Waals surface area contributed by atoms with Crippen molar-refractivity contribution >= 4 is 11.6 Å². The summed E-state index contributed by atoms with van der Waals surface area (Å²) in [6, 6.07) is 2.21.